The van der Waals surface area contributed by atoms with Gasteiger partial charge in [0.05, 0.1) is 30.6 Å². The summed E-state index contributed by atoms with van der Waals surface area (Å²) in [7, 11) is 0. The number of para-hydroxylation sites is 2. The fraction of sp³-hybridized carbons (Fsp3) is 0.333. The van der Waals surface area contributed by atoms with Crippen molar-refractivity contribution in [3.63, 3.8) is 0 Å². The average molecular weight is 286 g/mol. The van der Waals surface area contributed by atoms with E-state index in [2.05, 4.69) is 5.10 Å². The van der Waals surface area contributed by atoms with Gasteiger partial charge in [-0.25, -0.2) is 4.68 Å². The van der Waals surface area contributed by atoms with Crippen LogP contribution in [0.4, 0.5) is 5.69 Å². The molecule has 0 saturated carbocycles. The van der Waals surface area contributed by atoms with Crippen molar-refractivity contribution in [3.05, 3.63) is 42.2 Å². The van der Waals surface area contributed by atoms with Crippen LogP contribution in [-0.2, 0) is 4.74 Å². The largest absolute Gasteiger partial charge is 0.397 e. The Morgan fingerprint density at radius 1 is 1.38 bits per heavy atom. The maximum atomic E-state index is 12.5. The molecule has 2 N–H and O–H groups in total. The third kappa shape index (κ3) is 2.62. The molecule has 110 valence electrons. The fourth-order valence-electron chi connectivity index (χ4n) is 2.44. The maximum absolute atomic E-state index is 12.5. The summed E-state index contributed by atoms with van der Waals surface area (Å²) in [5.74, 6) is -0.0703. The van der Waals surface area contributed by atoms with E-state index in [0.717, 1.165) is 5.69 Å². The molecule has 6 heteroatoms. The second-order valence-corrected chi connectivity index (χ2v) is 5.13. The van der Waals surface area contributed by atoms with Crippen LogP contribution in [0.3, 0.4) is 0 Å². The van der Waals surface area contributed by atoms with Crippen LogP contribution in [-0.4, -0.2) is 46.4 Å². The molecule has 2 heterocycles. The van der Waals surface area contributed by atoms with E-state index in [1.165, 1.54) is 0 Å². The Labute approximate surface area is 123 Å². The molecule has 0 bridgehead atoms. The Balaban J connectivity index is 1.85. The van der Waals surface area contributed by atoms with Crippen LogP contribution in [0, 0.1) is 0 Å². The smallest absolute Gasteiger partial charge is 0.274 e. The third-order valence-electron chi connectivity index (χ3n) is 3.62. The number of benzene rings is 1. The molecule has 0 spiro atoms. The normalized spacial score (nSPS) is 18.7. The first-order chi connectivity index (χ1) is 10.2. The number of carbonyl (C=O) groups is 1. The van der Waals surface area contributed by atoms with Crippen LogP contribution >= 0.6 is 0 Å². The predicted octanol–water partition coefficient (Wildman–Crippen LogP) is 1.32. The average Bonchev–Trinajstić information content (AvgIpc) is 2.97. The van der Waals surface area contributed by atoms with E-state index < -0.39 is 0 Å². The van der Waals surface area contributed by atoms with E-state index in [-0.39, 0.29) is 11.9 Å². The summed E-state index contributed by atoms with van der Waals surface area (Å²) in [6.07, 6.45) is 1.75. The lowest BCUT2D eigenvalue weighted by Gasteiger charge is -2.32. The summed E-state index contributed by atoms with van der Waals surface area (Å²) in [5, 5.41) is 4.36. The molecule has 1 aliphatic rings. The molecule has 1 aromatic carbocycles. The van der Waals surface area contributed by atoms with E-state index in [1.54, 1.807) is 21.8 Å². The molecule has 2 aromatic rings. The summed E-state index contributed by atoms with van der Waals surface area (Å²) in [6, 6.07) is 9.22. The number of ether oxygens (including phenoxy) is 1. The van der Waals surface area contributed by atoms with Crippen molar-refractivity contribution in [3.8, 4) is 5.69 Å². The number of nitrogens with two attached hydrogens (primary N) is 1. The number of amides is 1. The maximum Gasteiger partial charge on any atom is 0.274 e. The topological polar surface area (TPSA) is 73.4 Å². The van der Waals surface area contributed by atoms with Crippen LogP contribution in [0.1, 0.15) is 17.4 Å². The molecule has 0 radical (unpaired) electrons. The first-order valence-electron chi connectivity index (χ1n) is 6.96. The van der Waals surface area contributed by atoms with E-state index >= 15 is 0 Å². The van der Waals surface area contributed by atoms with Gasteiger partial charge in [0.2, 0.25) is 0 Å². The lowest BCUT2D eigenvalue weighted by molar-refractivity contribution is 0.00325. The second-order valence-electron chi connectivity index (χ2n) is 5.13. The van der Waals surface area contributed by atoms with Crippen LogP contribution in [0.2, 0.25) is 0 Å². The quantitative estimate of drug-likeness (QED) is 0.845. The molecule has 1 atom stereocenters. The first kappa shape index (κ1) is 13.6. The number of nitrogens with zero attached hydrogens (tertiary/aromatic N) is 3. The number of morpholine rings is 1. The number of rotatable bonds is 2. The second kappa shape index (κ2) is 5.57. The molecule has 6 nitrogen and oxygen atoms in total. The van der Waals surface area contributed by atoms with Crippen molar-refractivity contribution >= 4 is 11.6 Å². The van der Waals surface area contributed by atoms with Gasteiger partial charge in [-0.15, -0.1) is 0 Å². The van der Waals surface area contributed by atoms with Gasteiger partial charge in [-0.3, -0.25) is 4.79 Å². The van der Waals surface area contributed by atoms with Crippen LogP contribution < -0.4 is 5.73 Å². The van der Waals surface area contributed by atoms with Gasteiger partial charge in [0.25, 0.3) is 5.91 Å². The Morgan fingerprint density at radius 3 is 2.95 bits per heavy atom. The first-order valence-corrected chi connectivity index (χ1v) is 6.96. The summed E-state index contributed by atoms with van der Waals surface area (Å²) < 4.78 is 6.98. The minimum absolute atomic E-state index is 0.0678. The van der Waals surface area contributed by atoms with Crippen molar-refractivity contribution in [2.75, 3.05) is 25.5 Å². The molecule has 1 saturated heterocycles. The highest BCUT2D eigenvalue weighted by molar-refractivity contribution is 5.92. The predicted molar refractivity (Wildman–Crippen MR) is 79.3 cm³/mol. The van der Waals surface area contributed by atoms with Crippen LogP contribution in [0.15, 0.2) is 36.5 Å². The summed E-state index contributed by atoms with van der Waals surface area (Å²) >= 11 is 0. The highest BCUT2D eigenvalue weighted by Gasteiger charge is 2.26. The van der Waals surface area contributed by atoms with Gasteiger partial charge >= 0.3 is 0 Å². The molecule has 1 fully saturated rings. The number of anilines is 1. The number of aromatic nitrogens is 2. The van der Waals surface area contributed by atoms with Crippen molar-refractivity contribution in [1.29, 1.82) is 0 Å². The van der Waals surface area contributed by atoms with Crippen molar-refractivity contribution < 1.29 is 9.53 Å². The molecule has 3 rings (SSSR count). The van der Waals surface area contributed by atoms with Gasteiger partial charge in [-0.05, 0) is 25.1 Å². The Morgan fingerprint density at radius 2 is 2.19 bits per heavy atom. The van der Waals surface area contributed by atoms with Crippen molar-refractivity contribution in [2.24, 2.45) is 0 Å². The van der Waals surface area contributed by atoms with Gasteiger partial charge in [0.1, 0.15) is 0 Å². The van der Waals surface area contributed by atoms with E-state index in [9.17, 15) is 4.79 Å². The number of nitrogen functional groups attached to an aromatic ring is 1. The van der Waals surface area contributed by atoms with Crippen molar-refractivity contribution in [2.45, 2.75) is 13.0 Å². The zero-order valence-corrected chi connectivity index (χ0v) is 11.9. The molecule has 1 aliphatic heterocycles. The molecule has 1 amide bonds. The Hall–Kier alpha value is -2.34. The Kier molecular flexibility index (Phi) is 3.62. The van der Waals surface area contributed by atoms with E-state index in [0.29, 0.717) is 31.1 Å². The summed E-state index contributed by atoms with van der Waals surface area (Å²) in [5.41, 5.74) is 7.75. The number of carbonyl (C=O) groups excluding carboxylic acids is 1. The SMILES string of the molecule is CC1COCCN1C(=O)c1ccn(-c2ccccc2N)n1. The van der Waals surface area contributed by atoms with Gasteiger partial charge in [0, 0.05) is 12.7 Å². The fourth-order valence-corrected chi connectivity index (χ4v) is 2.44. The van der Waals surface area contributed by atoms with Gasteiger partial charge in [0.15, 0.2) is 5.69 Å². The molecule has 1 aromatic heterocycles. The molecular formula is C15H18N4O2. The van der Waals surface area contributed by atoms with Crippen molar-refractivity contribution in [1.82, 2.24) is 14.7 Å². The molecule has 21 heavy (non-hydrogen) atoms. The van der Waals surface area contributed by atoms with Gasteiger partial charge < -0.3 is 15.4 Å². The zero-order valence-electron chi connectivity index (χ0n) is 11.9. The number of hydrogen-bond donors (Lipinski definition) is 1. The van der Waals surface area contributed by atoms with E-state index in [1.807, 2.05) is 31.2 Å². The minimum atomic E-state index is -0.0703. The molecule has 1 unspecified atom stereocenters. The highest BCUT2D eigenvalue weighted by Crippen LogP contribution is 2.17. The lowest BCUT2D eigenvalue weighted by atomic mass is 10.2. The summed E-state index contributed by atoms with van der Waals surface area (Å²) in [6.45, 7) is 3.71. The minimum Gasteiger partial charge on any atom is -0.397 e. The Bertz CT molecular complexity index is 653. The van der Waals surface area contributed by atoms with E-state index in [4.69, 9.17) is 10.5 Å². The highest BCUT2D eigenvalue weighted by atomic mass is 16.5. The number of hydrogen-bond acceptors (Lipinski definition) is 4. The van der Waals surface area contributed by atoms with Crippen LogP contribution in [0.25, 0.3) is 5.69 Å². The standard InChI is InChI=1S/C15H18N4O2/c1-11-10-21-9-8-18(11)15(20)13-6-7-19(17-13)14-5-3-2-4-12(14)16/h2-7,11H,8-10,16H2,1H3. The van der Waals surface area contributed by atoms with Gasteiger partial charge in [-0.1, -0.05) is 12.1 Å². The monoisotopic (exact) mass is 286 g/mol. The lowest BCUT2D eigenvalue weighted by Crippen LogP contribution is -2.47. The molecular weight excluding hydrogens is 268 g/mol. The molecule has 0 aliphatic carbocycles. The van der Waals surface area contributed by atoms with Crippen LogP contribution in [0.5, 0.6) is 0 Å². The summed E-state index contributed by atoms with van der Waals surface area (Å²) in [4.78, 5) is 14.3. The zero-order chi connectivity index (χ0) is 14.8. The third-order valence-corrected chi connectivity index (χ3v) is 3.62. The van der Waals surface area contributed by atoms with Gasteiger partial charge in [-0.2, -0.15) is 5.10 Å².